The van der Waals surface area contributed by atoms with Gasteiger partial charge in [0.15, 0.2) is 11.6 Å². The molecule has 0 N–H and O–H groups in total. The molecule has 2 nitrogen and oxygen atoms in total. The van der Waals surface area contributed by atoms with Gasteiger partial charge >= 0.3 is 0 Å². The topological polar surface area (TPSA) is 34.1 Å². The molecular weight excluding hydrogens is 415 g/mol. The summed E-state index contributed by atoms with van der Waals surface area (Å²) in [5, 5.41) is 0.774. The van der Waals surface area contributed by atoms with Gasteiger partial charge in [0.05, 0.1) is 10.0 Å². The SMILES string of the molecule is O=C(c1ccccc1Cl)c1ccccc1-c1ccccc1C(=O)c1ccccc1Cl. The monoisotopic (exact) mass is 430 g/mol. The molecule has 146 valence electrons. The number of hydrogen-bond acceptors (Lipinski definition) is 2. The summed E-state index contributed by atoms with van der Waals surface area (Å²) in [6.07, 6.45) is 0. The molecule has 0 aromatic heterocycles. The van der Waals surface area contributed by atoms with Crippen LogP contribution in [0.4, 0.5) is 0 Å². The third-order valence-corrected chi connectivity index (χ3v) is 5.53. The van der Waals surface area contributed by atoms with Crippen molar-refractivity contribution in [1.82, 2.24) is 0 Å². The van der Waals surface area contributed by atoms with Crippen molar-refractivity contribution >= 4 is 34.8 Å². The molecule has 0 heterocycles. The van der Waals surface area contributed by atoms with Crippen LogP contribution < -0.4 is 0 Å². The smallest absolute Gasteiger partial charge is 0.195 e. The summed E-state index contributed by atoms with van der Waals surface area (Å²) in [5.41, 5.74) is 3.12. The van der Waals surface area contributed by atoms with E-state index in [0.717, 1.165) is 0 Å². The number of rotatable bonds is 5. The van der Waals surface area contributed by atoms with Crippen LogP contribution in [0.25, 0.3) is 11.1 Å². The van der Waals surface area contributed by atoms with Crippen LogP contribution in [0.3, 0.4) is 0 Å². The van der Waals surface area contributed by atoms with E-state index in [9.17, 15) is 9.59 Å². The fourth-order valence-electron chi connectivity index (χ4n) is 3.41. The summed E-state index contributed by atoms with van der Waals surface area (Å²) in [5.74, 6) is -0.396. The Morgan fingerprint density at radius 2 is 0.733 bits per heavy atom. The lowest BCUT2D eigenvalue weighted by Gasteiger charge is -2.14. The fourth-order valence-corrected chi connectivity index (χ4v) is 3.86. The van der Waals surface area contributed by atoms with Crippen molar-refractivity contribution in [2.45, 2.75) is 0 Å². The molecule has 0 saturated heterocycles. The Kier molecular flexibility index (Phi) is 5.80. The van der Waals surface area contributed by atoms with Crippen LogP contribution in [0.15, 0.2) is 97.1 Å². The molecule has 0 aliphatic heterocycles. The minimum atomic E-state index is -0.198. The molecule has 0 saturated carbocycles. The van der Waals surface area contributed by atoms with Crippen LogP contribution in [-0.4, -0.2) is 11.6 Å². The Hall–Kier alpha value is -3.20. The second-order valence-electron chi connectivity index (χ2n) is 6.71. The molecule has 0 fully saturated rings. The van der Waals surface area contributed by atoms with E-state index in [1.807, 2.05) is 24.3 Å². The largest absolute Gasteiger partial charge is 0.289 e. The molecule has 4 rings (SSSR count). The van der Waals surface area contributed by atoms with Gasteiger partial charge in [-0.05, 0) is 35.4 Å². The number of carbonyl (C=O) groups excluding carboxylic acids is 2. The van der Waals surface area contributed by atoms with E-state index < -0.39 is 0 Å². The average molecular weight is 431 g/mol. The zero-order chi connectivity index (χ0) is 21.1. The summed E-state index contributed by atoms with van der Waals surface area (Å²) < 4.78 is 0. The highest BCUT2D eigenvalue weighted by Gasteiger charge is 2.21. The van der Waals surface area contributed by atoms with Crippen molar-refractivity contribution in [1.29, 1.82) is 0 Å². The molecule has 0 aliphatic carbocycles. The molecule has 0 radical (unpaired) electrons. The van der Waals surface area contributed by atoms with Gasteiger partial charge in [-0.1, -0.05) is 96.0 Å². The van der Waals surface area contributed by atoms with E-state index in [1.54, 1.807) is 72.8 Å². The third-order valence-electron chi connectivity index (χ3n) is 4.87. The highest BCUT2D eigenvalue weighted by atomic mass is 35.5. The Morgan fingerprint density at radius 1 is 0.433 bits per heavy atom. The molecular formula is C26H16Cl2O2. The fraction of sp³-hybridized carbons (Fsp3) is 0. The van der Waals surface area contributed by atoms with Crippen LogP contribution >= 0.6 is 23.2 Å². The highest BCUT2D eigenvalue weighted by molar-refractivity contribution is 6.36. The maximum atomic E-state index is 13.3. The molecule has 0 unspecified atom stereocenters. The molecule has 4 aromatic rings. The van der Waals surface area contributed by atoms with E-state index in [-0.39, 0.29) is 11.6 Å². The van der Waals surface area contributed by atoms with Gasteiger partial charge in [-0.25, -0.2) is 0 Å². The standard InChI is InChI=1S/C26H16Cl2O2/c27-23-15-7-5-13-21(23)25(29)19-11-3-1-9-17(19)18-10-2-4-12-20(18)26(30)22-14-6-8-16-24(22)28/h1-16H. The Labute approximate surface area is 184 Å². The van der Waals surface area contributed by atoms with Crippen molar-refractivity contribution in [2.75, 3.05) is 0 Å². The van der Waals surface area contributed by atoms with Gasteiger partial charge < -0.3 is 0 Å². The first-order chi connectivity index (χ1) is 14.6. The second-order valence-corrected chi connectivity index (χ2v) is 7.52. The van der Waals surface area contributed by atoms with Crippen molar-refractivity contribution in [2.24, 2.45) is 0 Å². The van der Waals surface area contributed by atoms with Gasteiger partial charge in [-0.15, -0.1) is 0 Å². The summed E-state index contributed by atoms with van der Waals surface area (Å²) in [6, 6.07) is 28.3. The first-order valence-corrected chi connectivity index (χ1v) is 10.1. The summed E-state index contributed by atoms with van der Waals surface area (Å²) in [4.78, 5) is 26.6. The zero-order valence-corrected chi connectivity index (χ0v) is 17.3. The minimum Gasteiger partial charge on any atom is -0.289 e. The van der Waals surface area contributed by atoms with Gasteiger partial charge in [-0.2, -0.15) is 0 Å². The number of benzene rings is 4. The van der Waals surface area contributed by atoms with E-state index in [4.69, 9.17) is 23.2 Å². The van der Waals surface area contributed by atoms with Crippen LogP contribution in [0.5, 0.6) is 0 Å². The Balaban J connectivity index is 1.86. The molecule has 0 spiro atoms. The molecule has 4 heteroatoms. The van der Waals surface area contributed by atoms with Crippen molar-refractivity contribution < 1.29 is 9.59 Å². The summed E-state index contributed by atoms with van der Waals surface area (Å²) >= 11 is 12.5. The highest BCUT2D eigenvalue weighted by Crippen LogP contribution is 2.32. The van der Waals surface area contributed by atoms with Gasteiger partial charge in [0.2, 0.25) is 0 Å². The number of ketones is 2. The maximum Gasteiger partial charge on any atom is 0.195 e. The van der Waals surface area contributed by atoms with E-state index in [2.05, 4.69) is 0 Å². The van der Waals surface area contributed by atoms with E-state index in [1.165, 1.54) is 0 Å². The predicted molar refractivity (Wildman–Crippen MR) is 122 cm³/mol. The normalized spacial score (nSPS) is 10.6. The number of hydrogen-bond donors (Lipinski definition) is 0. The first kappa shape index (κ1) is 20.1. The lowest BCUT2D eigenvalue weighted by atomic mass is 9.89. The Bertz CT molecular complexity index is 1160. The zero-order valence-electron chi connectivity index (χ0n) is 15.8. The van der Waals surface area contributed by atoms with Crippen molar-refractivity contribution in [3.63, 3.8) is 0 Å². The van der Waals surface area contributed by atoms with Gasteiger partial charge in [0, 0.05) is 22.3 Å². The molecule has 0 bridgehead atoms. The second kappa shape index (κ2) is 8.66. The lowest BCUT2D eigenvalue weighted by Crippen LogP contribution is -2.08. The molecule has 0 aliphatic rings. The van der Waals surface area contributed by atoms with Crippen LogP contribution in [0, 0.1) is 0 Å². The third kappa shape index (κ3) is 3.80. The number of carbonyl (C=O) groups is 2. The van der Waals surface area contributed by atoms with E-state index in [0.29, 0.717) is 43.4 Å². The van der Waals surface area contributed by atoms with Crippen molar-refractivity contribution in [3.05, 3.63) is 129 Å². The van der Waals surface area contributed by atoms with Crippen LogP contribution in [0.2, 0.25) is 10.0 Å². The van der Waals surface area contributed by atoms with Gasteiger partial charge in [0.1, 0.15) is 0 Å². The average Bonchev–Trinajstić information content (AvgIpc) is 2.79. The Morgan fingerprint density at radius 3 is 1.10 bits per heavy atom. The minimum absolute atomic E-state index is 0.198. The van der Waals surface area contributed by atoms with Gasteiger partial charge in [-0.3, -0.25) is 9.59 Å². The van der Waals surface area contributed by atoms with Crippen LogP contribution in [0.1, 0.15) is 31.8 Å². The molecule has 4 aromatic carbocycles. The molecule has 0 amide bonds. The van der Waals surface area contributed by atoms with Crippen molar-refractivity contribution in [3.8, 4) is 11.1 Å². The summed E-state index contributed by atoms with van der Waals surface area (Å²) in [7, 11) is 0. The molecule has 30 heavy (non-hydrogen) atoms. The van der Waals surface area contributed by atoms with Gasteiger partial charge in [0.25, 0.3) is 0 Å². The molecule has 0 atom stereocenters. The maximum absolute atomic E-state index is 13.3. The summed E-state index contributed by atoms with van der Waals surface area (Å²) in [6.45, 7) is 0. The van der Waals surface area contributed by atoms with E-state index >= 15 is 0 Å². The quantitative estimate of drug-likeness (QED) is 0.315. The first-order valence-electron chi connectivity index (χ1n) is 9.35. The van der Waals surface area contributed by atoms with Crippen LogP contribution in [-0.2, 0) is 0 Å². The predicted octanol–water partition coefficient (Wildman–Crippen LogP) is 7.12. The lowest BCUT2D eigenvalue weighted by molar-refractivity contribution is 0.103. The number of halogens is 2.